The van der Waals surface area contributed by atoms with Crippen LogP contribution < -0.4 is 0 Å². The summed E-state index contributed by atoms with van der Waals surface area (Å²) in [7, 11) is 6.59. The first-order valence-corrected chi connectivity index (χ1v) is 7.67. The number of quaternary nitrogens is 1. The maximum atomic E-state index is 5.79. The number of hydrogen-bond acceptors (Lipinski definition) is 2. The average Bonchev–Trinajstić information content (AvgIpc) is 2.97. The zero-order valence-corrected chi connectivity index (χ0v) is 13.5. The second kappa shape index (κ2) is 5.93. The molecule has 1 atom stereocenters. The van der Waals surface area contributed by atoms with Crippen LogP contribution in [0.4, 0.5) is 0 Å². The van der Waals surface area contributed by atoms with Gasteiger partial charge in [-0.1, -0.05) is 42.5 Å². The number of hydrogen-bond donors (Lipinski definition) is 0. The number of benzene rings is 2. The fraction of sp³-hybridized carbons (Fsp3) is 0.316. The Balaban J connectivity index is 1.75. The van der Waals surface area contributed by atoms with Crippen molar-refractivity contribution in [2.24, 2.45) is 4.99 Å². The Bertz CT molecular complexity index is 654. The Morgan fingerprint density at radius 3 is 2.32 bits per heavy atom. The van der Waals surface area contributed by atoms with E-state index in [2.05, 4.69) is 57.5 Å². The summed E-state index contributed by atoms with van der Waals surface area (Å²) in [4.78, 5) is 4.72. The van der Waals surface area contributed by atoms with E-state index in [0.717, 1.165) is 22.5 Å². The Hall–Kier alpha value is -2.13. The van der Waals surface area contributed by atoms with Crippen LogP contribution >= 0.6 is 0 Å². The normalized spacial score (nSPS) is 18.0. The number of aliphatic imine (C=N–C) groups is 1. The van der Waals surface area contributed by atoms with Crippen LogP contribution in [0.1, 0.15) is 22.7 Å². The predicted molar refractivity (Wildman–Crippen MR) is 89.9 cm³/mol. The van der Waals surface area contributed by atoms with Crippen LogP contribution in [0.2, 0.25) is 0 Å². The van der Waals surface area contributed by atoms with Crippen LogP contribution in [0.3, 0.4) is 0 Å². The minimum Gasteiger partial charge on any atom is -0.475 e. The maximum Gasteiger partial charge on any atom is 0.216 e. The minimum absolute atomic E-state index is 0.113. The summed E-state index contributed by atoms with van der Waals surface area (Å²) in [6.07, 6.45) is 0. The zero-order chi connectivity index (χ0) is 15.6. The molecule has 2 aromatic rings. The van der Waals surface area contributed by atoms with E-state index in [9.17, 15) is 0 Å². The van der Waals surface area contributed by atoms with Crippen LogP contribution in [0.5, 0.6) is 0 Å². The van der Waals surface area contributed by atoms with Crippen molar-refractivity contribution in [3.63, 3.8) is 0 Å². The highest BCUT2D eigenvalue weighted by atomic mass is 16.5. The van der Waals surface area contributed by atoms with Crippen molar-refractivity contribution >= 4 is 5.90 Å². The van der Waals surface area contributed by atoms with Gasteiger partial charge in [0.2, 0.25) is 5.90 Å². The van der Waals surface area contributed by atoms with Gasteiger partial charge in [0.25, 0.3) is 0 Å². The Morgan fingerprint density at radius 2 is 1.68 bits per heavy atom. The quantitative estimate of drug-likeness (QED) is 0.792. The largest absolute Gasteiger partial charge is 0.475 e. The molecule has 1 aliphatic heterocycles. The van der Waals surface area contributed by atoms with Crippen LogP contribution in [-0.2, 0) is 11.3 Å². The number of nitrogens with zero attached hydrogens (tertiary/aromatic N) is 2. The van der Waals surface area contributed by atoms with Gasteiger partial charge in [-0.2, -0.15) is 0 Å². The molecule has 0 fully saturated rings. The first-order chi connectivity index (χ1) is 10.5. The Kier molecular flexibility index (Phi) is 3.99. The molecule has 0 radical (unpaired) electrons. The van der Waals surface area contributed by atoms with E-state index >= 15 is 0 Å². The van der Waals surface area contributed by atoms with Crippen molar-refractivity contribution in [2.75, 3.05) is 27.7 Å². The summed E-state index contributed by atoms with van der Waals surface area (Å²) in [5.41, 5.74) is 3.59. The number of rotatable bonds is 4. The molecule has 114 valence electrons. The molecule has 0 aliphatic carbocycles. The molecule has 0 N–H and O–H groups in total. The van der Waals surface area contributed by atoms with Gasteiger partial charge < -0.3 is 9.22 Å². The topological polar surface area (TPSA) is 21.6 Å². The lowest BCUT2D eigenvalue weighted by atomic mass is 10.1. The lowest BCUT2D eigenvalue weighted by Crippen LogP contribution is -2.33. The highest BCUT2D eigenvalue weighted by Crippen LogP contribution is 2.25. The molecule has 0 unspecified atom stereocenters. The number of ether oxygens (including phenoxy) is 1. The second-order valence-corrected chi connectivity index (χ2v) is 6.82. The molecular formula is C19H23N2O+. The van der Waals surface area contributed by atoms with Crippen molar-refractivity contribution in [3.8, 4) is 0 Å². The highest BCUT2D eigenvalue weighted by Gasteiger charge is 2.21. The van der Waals surface area contributed by atoms with Crippen molar-refractivity contribution in [1.29, 1.82) is 0 Å². The molecule has 0 bridgehead atoms. The van der Waals surface area contributed by atoms with Gasteiger partial charge in [0.15, 0.2) is 0 Å². The van der Waals surface area contributed by atoms with Gasteiger partial charge >= 0.3 is 0 Å². The molecule has 1 heterocycles. The van der Waals surface area contributed by atoms with Gasteiger partial charge in [-0.25, -0.2) is 4.99 Å². The van der Waals surface area contributed by atoms with E-state index in [4.69, 9.17) is 9.73 Å². The molecule has 0 amide bonds. The van der Waals surface area contributed by atoms with Crippen molar-refractivity contribution < 1.29 is 9.22 Å². The first kappa shape index (κ1) is 14.8. The van der Waals surface area contributed by atoms with Gasteiger partial charge in [-0.3, -0.25) is 0 Å². The van der Waals surface area contributed by atoms with E-state index in [1.165, 1.54) is 11.1 Å². The highest BCUT2D eigenvalue weighted by molar-refractivity contribution is 5.95. The molecule has 22 heavy (non-hydrogen) atoms. The van der Waals surface area contributed by atoms with Crippen LogP contribution in [0.15, 0.2) is 59.6 Å². The summed E-state index contributed by atoms with van der Waals surface area (Å²) in [6.45, 7) is 1.64. The van der Waals surface area contributed by atoms with Gasteiger partial charge in [0.05, 0.1) is 21.1 Å². The lowest BCUT2D eigenvalue weighted by molar-refractivity contribution is -0.884. The molecule has 0 saturated heterocycles. The van der Waals surface area contributed by atoms with Gasteiger partial charge in [0, 0.05) is 11.1 Å². The molecule has 0 aromatic heterocycles. The smallest absolute Gasteiger partial charge is 0.216 e. The third-order valence-corrected chi connectivity index (χ3v) is 3.69. The van der Waals surface area contributed by atoms with Gasteiger partial charge in [-0.15, -0.1) is 0 Å². The third-order valence-electron chi connectivity index (χ3n) is 3.69. The molecule has 3 nitrogen and oxygen atoms in total. The molecule has 2 aromatic carbocycles. The van der Waals surface area contributed by atoms with Crippen molar-refractivity contribution in [3.05, 3.63) is 71.3 Å². The summed E-state index contributed by atoms with van der Waals surface area (Å²) in [5.74, 6) is 0.755. The van der Waals surface area contributed by atoms with E-state index in [1.54, 1.807) is 0 Å². The average molecular weight is 295 g/mol. The van der Waals surface area contributed by atoms with Gasteiger partial charge in [0.1, 0.15) is 19.2 Å². The first-order valence-electron chi connectivity index (χ1n) is 7.67. The maximum absolute atomic E-state index is 5.79. The van der Waals surface area contributed by atoms with E-state index in [-0.39, 0.29) is 6.04 Å². The summed E-state index contributed by atoms with van der Waals surface area (Å²) in [5, 5.41) is 0. The monoisotopic (exact) mass is 295 g/mol. The molecule has 1 aliphatic rings. The predicted octanol–water partition coefficient (Wildman–Crippen LogP) is 3.41. The molecular weight excluding hydrogens is 272 g/mol. The van der Waals surface area contributed by atoms with Crippen LogP contribution in [-0.4, -0.2) is 38.1 Å². The molecule has 0 saturated carbocycles. The van der Waals surface area contributed by atoms with Crippen LogP contribution in [0, 0.1) is 0 Å². The summed E-state index contributed by atoms with van der Waals surface area (Å²) < 4.78 is 6.72. The van der Waals surface area contributed by atoms with E-state index in [1.807, 2.05) is 18.2 Å². The lowest BCUT2D eigenvalue weighted by Gasteiger charge is -2.23. The Labute approximate surface area is 132 Å². The van der Waals surface area contributed by atoms with Crippen molar-refractivity contribution in [2.45, 2.75) is 12.6 Å². The van der Waals surface area contributed by atoms with E-state index < -0.39 is 0 Å². The molecule has 3 heteroatoms. The molecule has 3 rings (SSSR count). The fourth-order valence-electron chi connectivity index (χ4n) is 2.68. The summed E-state index contributed by atoms with van der Waals surface area (Å²) >= 11 is 0. The SMILES string of the molecule is C[N+](C)(C)Cc1ccc(C2=N[C@@H](c3ccccc3)CO2)cc1. The van der Waals surface area contributed by atoms with Crippen LogP contribution in [0.25, 0.3) is 0 Å². The summed E-state index contributed by atoms with van der Waals surface area (Å²) in [6, 6.07) is 19.0. The minimum atomic E-state index is 0.113. The second-order valence-electron chi connectivity index (χ2n) is 6.82. The standard InChI is InChI=1S/C19H23N2O/c1-21(2,3)13-15-9-11-17(12-10-15)19-20-18(14-22-19)16-7-5-4-6-8-16/h4-12,18H,13-14H2,1-3H3/q+1/t18-/m1/s1. The third kappa shape index (κ3) is 3.55. The van der Waals surface area contributed by atoms with Crippen molar-refractivity contribution in [1.82, 2.24) is 0 Å². The van der Waals surface area contributed by atoms with Gasteiger partial charge in [-0.05, 0) is 17.7 Å². The fourth-order valence-corrected chi connectivity index (χ4v) is 2.68. The Morgan fingerprint density at radius 1 is 1.00 bits per heavy atom. The zero-order valence-electron chi connectivity index (χ0n) is 13.5. The molecule has 0 spiro atoms. The van der Waals surface area contributed by atoms with E-state index in [0.29, 0.717) is 6.61 Å².